The smallest absolute Gasteiger partial charge is 0.329 e. The first-order chi connectivity index (χ1) is 11.5. The first-order valence-electron chi connectivity index (χ1n) is 7.18. The van der Waals surface area contributed by atoms with Crippen LogP contribution in [0.3, 0.4) is 0 Å². The van der Waals surface area contributed by atoms with Gasteiger partial charge in [0, 0.05) is 28.5 Å². The predicted octanol–water partition coefficient (Wildman–Crippen LogP) is 2.70. The highest BCUT2D eigenvalue weighted by molar-refractivity contribution is 9.10. The van der Waals surface area contributed by atoms with Gasteiger partial charge in [0.15, 0.2) is 0 Å². The summed E-state index contributed by atoms with van der Waals surface area (Å²) in [6, 6.07) is 13.6. The number of rotatable bonds is 4. The van der Waals surface area contributed by atoms with E-state index < -0.39 is 11.8 Å². The van der Waals surface area contributed by atoms with Crippen LogP contribution in [-0.4, -0.2) is 25.1 Å². The van der Waals surface area contributed by atoms with E-state index in [1.165, 1.54) is 13.3 Å². The first kappa shape index (κ1) is 17.7. The number of likely N-dealkylation sites (N-methyl/N-ethyl adjacent to an activating group) is 1. The van der Waals surface area contributed by atoms with Crippen LogP contribution in [0.15, 0.2) is 52.0 Å². The molecule has 0 heterocycles. The van der Waals surface area contributed by atoms with Crippen molar-refractivity contribution in [3.63, 3.8) is 0 Å². The molecule has 0 aromatic heterocycles. The van der Waals surface area contributed by atoms with Crippen molar-refractivity contribution in [2.45, 2.75) is 6.92 Å². The molecule has 24 heavy (non-hydrogen) atoms. The van der Waals surface area contributed by atoms with Crippen LogP contribution < -0.4 is 16.1 Å². The van der Waals surface area contributed by atoms with E-state index in [-0.39, 0.29) is 0 Å². The van der Waals surface area contributed by atoms with Crippen LogP contribution in [0.4, 0.5) is 11.4 Å². The van der Waals surface area contributed by atoms with E-state index in [0.29, 0.717) is 0 Å². The number of carbonyl (C=O) groups is 2. The average Bonchev–Trinajstić information content (AvgIpc) is 2.58. The normalized spacial score (nSPS) is 10.5. The summed E-state index contributed by atoms with van der Waals surface area (Å²) < 4.78 is 0.872. The second-order valence-electron chi connectivity index (χ2n) is 4.95. The van der Waals surface area contributed by atoms with Crippen molar-refractivity contribution in [2.75, 3.05) is 12.4 Å². The number of amides is 2. The zero-order valence-corrected chi connectivity index (χ0v) is 14.8. The molecule has 2 amide bonds. The molecular formula is C17H17BrN4O2. The molecule has 0 fully saturated rings. The van der Waals surface area contributed by atoms with Crippen LogP contribution in [0.2, 0.25) is 0 Å². The van der Waals surface area contributed by atoms with Crippen molar-refractivity contribution >= 4 is 45.3 Å². The molecule has 0 aliphatic rings. The highest BCUT2D eigenvalue weighted by Crippen LogP contribution is 2.25. The second kappa shape index (κ2) is 8.26. The lowest BCUT2D eigenvalue weighted by Crippen LogP contribution is -2.35. The van der Waals surface area contributed by atoms with Crippen LogP contribution in [0.25, 0.3) is 0 Å². The van der Waals surface area contributed by atoms with Gasteiger partial charge in [-0.2, -0.15) is 5.10 Å². The molecule has 0 saturated heterocycles. The van der Waals surface area contributed by atoms with E-state index >= 15 is 0 Å². The summed E-state index contributed by atoms with van der Waals surface area (Å²) in [6.07, 6.45) is 1.48. The van der Waals surface area contributed by atoms with Gasteiger partial charge in [0.2, 0.25) is 0 Å². The van der Waals surface area contributed by atoms with Crippen molar-refractivity contribution in [2.24, 2.45) is 5.10 Å². The predicted molar refractivity (Wildman–Crippen MR) is 98.4 cm³/mol. The lowest BCUT2D eigenvalue weighted by molar-refractivity contribution is -0.138. The van der Waals surface area contributed by atoms with Gasteiger partial charge in [-0.3, -0.25) is 9.59 Å². The second-order valence-corrected chi connectivity index (χ2v) is 5.87. The van der Waals surface area contributed by atoms with Crippen molar-refractivity contribution in [1.29, 1.82) is 0 Å². The molecule has 0 bridgehead atoms. The third kappa shape index (κ3) is 4.66. The van der Waals surface area contributed by atoms with Gasteiger partial charge in [-0.05, 0) is 36.8 Å². The monoisotopic (exact) mass is 388 g/mol. The molecule has 0 atom stereocenters. The Balaban J connectivity index is 2.20. The van der Waals surface area contributed by atoms with Crippen LogP contribution in [0.5, 0.6) is 0 Å². The largest absolute Gasteiger partial charge is 0.355 e. The Morgan fingerprint density at radius 3 is 2.54 bits per heavy atom. The Hall–Kier alpha value is -2.67. The van der Waals surface area contributed by atoms with Gasteiger partial charge in [0.1, 0.15) is 0 Å². The number of benzene rings is 2. The zero-order valence-electron chi connectivity index (χ0n) is 13.3. The van der Waals surface area contributed by atoms with Gasteiger partial charge in [-0.15, -0.1) is 0 Å². The number of aryl methyl sites for hydroxylation is 1. The number of para-hydroxylation sites is 1. The van der Waals surface area contributed by atoms with Crippen molar-refractivity contribution in [3.05, 3.63) is 58.1 Å². The topological polar surface area (TPSA) is 82.6 Å². The summed E-state index contributed by atoms with van der Waals surface area (Å²) in [7, 11) is 1.38. The zero-order chi connectivity index (χ0) is 17.5. The lowest BCUT2D eigenvalue weighted by atomic mass is 10.1. The lowest BCUT2D eigenvalue weighted by Gasteiger charge is -2.12. The quantitative estimate of drug-likeness (QED) is 0.427. The third-order valence-corrected chi connectivity index (χ3v) is 3.72. The highest BCUT2D eigenvalue weighted by atomic mass is 79.9. The fourth-order valence-corrected chi connectivity index (χ4v) is 2.32. The molecule has 0 radical (unpaired) electrons. The minimum absolute atomic E-state index is 0.750. The van der Waals surface area contributed by atoms with Gasteiger partial charge in [-0.1, -0.05) is 34.1 Å². The fraction of sp³-hybridized carbons (Fsp3) is 0.118. The first-order valence-corrected chi connectivity index (χ1v) is 7.98. The molecule has 0 aliphatic heterocycles. The number of hydrogen-bond acceptors (Lipinski definition) is 4. The van der Waals surface area contributed by atoms with E-state index in [1.807, 2.05) is 49.4 Å². The molecule has 6 nitrogen and oxygen atoms in total. The maximum atomic E-state index is 11.4. The number of halogens is 1. The Morgan fingerprint density at radius 2 is 1.83 bits per heavy atom. The van der Waals surface area contributed by atoms with Crippen LogP contribution >= 0.6 is 15.9 Å². The Kier molecular flexibility index (Phi) is 6.08. The van der Waals surface area contributed by atoms with Gasteiger partial charge in [0.05, 0.1) is 6.21 Å². The van der Waals surface area contributed by atoms with Gasteiger partial charge in [-0.25, -0.2) is 5.43 Å². The summed E-state index contributed by atoms with van der Waals surface area (Å²) in [5.41, 5.74) is 5.84. The van der Waals surface area contributed by atoms with Crippen LogP contribution in [0, 0.1) is 6.92 Å². The highest BCUT2D eigenvalue weighted by Gasteiger charge is 2.09. The molecule has 124 valence electrons. The van der Waals surface area contributed by atoms with Crippen LogP contribution in [-0.2, 0) is 9.59 Å². The summed E-state index contributed by atoms with van der Waals surface area (Å²) in [6.45, 7) is 2.01. The Labute approximate surface area is 148 Å². The van der Waals surface area contributed by atoms with Crippen molar-refractivity contribution < 1.29 is 9.59 Å². The average molecular weight is 389 g/mol. The third-order valence-electron chi connectivity index (χ3n) is 3.23. The molecule has 7 heteroatoms. The van der Waals surface area contributed by atoms with Crippen molar-refractivity contribution in [1.82, 2.24) is 10.7 Å². The number of carbonyl (C=O) groups excluding carboxylic acids is 2. The van der Waals surface area contributed by atoms with E-state index in [2.05, 4.69) is 37.1 Å². The van der Waals surface area contributed by atoms with Gasteiger partial charge < -0.3 is 10.6 Å². The minimum Gasteiger partial charge on any atom is -0.355 e. The summed E-state index contributed by atoms with van der Waals surface area (Å²) in [5.74, 6) is -1.57. The van der Waals surface area contributed by atoms with Crippen LogP contribution in [0.1, 0.15) is 11.1 Å². The Morgan fingerprint density at radius 1 is 1.08 bits per heavy atom. The number of nitrogens with one attached hydrogen (secondary N) is 3. The number of hydrazone groups is 1. The van der Waals surface area contributed by atoms with E-state index in [0.717, 1.165) is 27.0 Å². The molecule has 2 aromatic rings. The molecule has 2 aromatic carbocycles. The molecule has 0 spiro atoms. The van der Waals surface area contributed by atoms with Gasteiger partial charge >= 0.3 is 11.8 Å². The summed E-state index contributed by atoms with van der Waals surface area (Å²) in [4.78, 5) is 22.5. The number of anilines is 2. The molecule has 0 saturated carbocycles. The molecule has 3 N–H and O–H groups in total. The van der Waals surface area contributed by atoms with E-state index in [1.54, 1.807) is 0 Å². The minimum atomic E-state index is -0.822. The molecular weight excluding hydrogens is 372 g/mol. The number of nitrogens with zero attached hydrogens (tertiary/aromatic N) is 1. The van der Waals surface area contributed by atoms with Crippen molar-refractivity contribution in [3.8, 4) is 0 Å². The van der Waals surface area contributed by atoms with Gasteiger partial charge in [0.25, 0.3) is 0 Å². The van der Waals surface area contributed by atoms with E-state index in [4.69, 9.17) is 0 Å². The standard InChI is InChI=1S/C17H17BrN4O2/c1-11-5-3-4-6-14(11)21-15-8-7-13(18)9-12(15)10-20-22-17(24)16(23)19-2/h3-10,21H,1-2H3,(H,19,23)(H,22,24)/b20-10-. The molecule has 2 rings (SSSR count). The summed E-state index contributed by atoms with van der Waals surface area (Å²) >= 11 is 3.41. The maximum Gasteiger partial charge on any atom is 0.329 e. The Bertz CT molecular complexity index is 790. The number of hydrogen-bond donors (Lipinski definition) is 3. The SMILES string of the molecule is CNC(=O)C(=O)N/N=C\c1cc(Br)ccc1Nc1ccccc1C. The fourth-order valence-electron chi connectivity index (χ4n) is 1.94. The van der Waals surface area contributed by atoms with E-state index in [9.17, 15) is 9.59 Å². The molecule has 0 aliphatic carbocycles. The summed E-state index contributed by atoms with van der Waals surface area (Å²) in [5, 5.41) is 9.39. The maximum absolute atomic E-state index is 11.4. The molecule has 0 unspecified atom stereocenters.